The van der Waals surface area contributed by atoms with Crippen molar-refractivity contribution in [2.24, 2.45) is 0 Å². The van der Waals surface area contributed by atoms with E-state index in [9.17, 15) is 14.7 Å². The van der Waals surface area contributed by atoms with Crippen molar-refractivity contribution in [3.63, 3.8) is 0 Å². The third-order valence-electron chi connectivity index (χ3n) is 3.41. The summed E-state index contributed by atoms with van der Waals surface area (Å²) in [5.74, 6) is -1.36. The van der Waals surface area contributed by atoms with Gasteiger partial charge in [-0.15, -0.1) is 11.3 Å². The number of amides is 1. The molecule has 1 fully saturated rings. The number of aliphatic carboxylic acids is 1. The zero-order valence-corrected chi connectivity index (χ0v) is 12.5. The van der Waals surface area contributed by atoms with E-state index in [0.29, 0.717) is 11.5 Å². The van der Waals surface area contributed by atoms with E-state index in [1.54, 1.807) is 0 Å². The molecule has 2 aromatic rings. The molecule has 0 aliphatic carbocycles. The van der Waals surface area contributed by atoms with E-state index in [1.807, 2.05) is 30.3 Å². The molecule has 114 valence electrons. The van der Waals surface area contributed by atoms with E-state index < -0.39 is 12.0 Å². The van der Waals surface area contributed by atoms with Gasteiger partial charge in [0.05, 0.1) is 19.4 Å². The molecule has 1 aromatic heterocycles. The van der Waals surface area contributed by atoms with E-state index in [-0.39, 0.29) is 19.1 Å². The molecular formula is C15H14N2O4S. The lowest BCUT2D eigenvalue weighted by Crippen LogP contribution is -2.52. The molecular weight excluding hydrogens is 304 g/mol. The fourth-order valence-electron chi connectivity index (χ4n) is 2.28. The monoisotopic (exact) mass is 318 g/mol. The lowest BCUT2D eigenvalue weighted by molar-refractivity contribution is -0.147. The fourth-order valence-corrected chi connectivity index (χ4v) is 3.16. The van der Waals surface area contributed by atoms with E-state index in [4.69, 9.17) is 4.74 Å². The summed E-state index contributed by atoms with van der Waals surface area (Å²) >= 11 is 1.27. The molecule has 1 unspecified atom stereocenters. The SMILES string of the molecule is O=C(O)C1COCCN1C(=O)c1cnc(-c2ccccc2)s1. The van der Waals surface area contributed by atoms with Crippen molar-refractivity contribution in [2.75, 3.05) is 19.8 Å². The quantitative estimate of drug-likeness (QED) is 0.932. The number of carboxylic acids is 1. The highest BCUT2D eigenvalue weighted by atomic mass is 32.1. The Balaban J connectivity index is 1.83. The molecule has 1 aliphatic rings. The van der Waals surface area contributed by atoms with Crippen molar-refractivity contribution in [3.8, 4) is 10.6 Å². The molecule has 22 heavy (non-hydrogen) atoms. The molecule has 0 bridgehead atoms. The highest BCUT2D eigenvalue weighted by molar-refractivity contribution is 7.16. The van der Waals surface area contributed by atoms with Gasteiger partial charge in [-0.1, -0.05) is 30.3 Å². The number of ether oxygens (including phenoxy) is 1. The van der Waals surface area contributed by atoms with Crippen LogP contribution in [0.4, 0.5) is 0 Å². The number of carboxylic acid groups (broad SMARTS) is 1. The van der Waals surface area contributed by atoms with Gasteiger partial charge >= 0.3 is 5.97 Å². The van der Waals surface area contributed by atoms with Crippen LogP contribution in [-0.4, -0.2) is 52.7 Å². The van der Waals surface area contributed by atoms with Gasteiger partial charge in [0.1, 0.15) is 9.88 Å². The highest BCUT2D eigenvalue weighted by Crippen LogP contribution is 2.26. The number of carbonyl (C=O) groups is 2. The molecule has 1 amide bonds. The molecule has 2 heterocycles. The molecule has 0 saturated carbocycles. The zero-order valence-electron chi connectivity index (χ0n) is 11.6. The van der Waals surface area contributed by atoms with Crippen LogP contribution in [0.5, 0.6) is 0 Å². The van der Waals surface area contributed by atoms with Crippen molar-refractivity contribution in [1.29, 1.82) is 0 Å². The van der Waals surface area contributed by atoms with Crippen LogP contribution in [0, 0.1) is 0 Å². The Hall–Kier alpha value is -2.25. The predicted molar refractivity (Wildman–Crippen MR) is 80.8 cm³/mol. The standard InChI is InChI=1S/C15H14N2O4S/c18-14(17-6-7-21-9-11(17)15(19)20)12-8-16-13(22-12)10-4-2-1-3-5-10/h1-5,8,11H,6-7,9H2,(H,19,20). The maximum atomic E-state index is 12.5. The first-order valence-electron chi connectivity index (χ1n) is 6.79. The smallest absolute Gasteiger partial charge is 0.328 e. The van der Waals surface area contributed by atoms with Crippen LogP contribution >= 0.6 is 11.3 Å². The summed E-state index contributed by atoms with van der Waals surface area (Å²) in [4.78, 5) is 29.8. The molecule has 1 atom stereocenters. The summed E-state index contributed by atoms with van der Waals surface area (Å²) in [5, 5.41) is 9.94. The number of hydrogen-bond donors (Lipinski definition) is 1. The minimum atomic E-state index is -1.05. The summed E-state index contributed by atoms with van der Waals surface area (Å²) in [6.45, 7) is 0.639. The summed E-state index contributed by atoms with van der Waals surface area (Å²) < 4.78 is 5.15. The van der Waals surface area contributed by atoms with E-state index >= 15 is 0 Å². The lowest BCUT2D eigenvalue weighted by atomic mass is 10.2. The largest absolute Gasteiger partial charge is 0.480 e. The van der Waals surface area contributed by atoms with Crippen LogP contribution < -0.4 is 0 Å². The van der Waals surface area contributed by atoms with Gasteiger partial charge in [-0.05, 0) is 0 Å². The average Bonchev–Trinajstić information content (AvgIpc) is 3.05. The molecule has 3 rings (SSSR count). The van der Waals surface area contributed by atoms with Gasteiger partial charge in [-0.3, -0.25) is 4.79 Å². The predicted octanol–water partition coefficient (Wildman–Crippen LogP) is 1.74. The third-order valence-corrected chi connectivity index (χ3v) is 4.45. The normalized spacial score (nSPS) is 18.2. The van der Waals surface area contributed by atoms with Gasteiger partial charge in [0.25, 0.3) is 5.91 Å². The Morgan fingerprint density at radius 1 is 1.32 bits per heavy atom. The second-order valence-electron chi connectivity index (χ2n) is 4.82. The minimum Gasteiger partial charge on any atom is -0.480 e. The van der Waals surface area contributed by atoms with E-state index in [2.05, 4.69) is 4.98 Å². The van der Waals surface area contributed by atoms with Crippen LogP contribution in [0.15, 0.2) is 36.5 Å². The van der Waals surface area contributed by atoms with Crippen LogP contribution in [0.3, 0.4) is 0 Å². The Morgan fingerprint density at radius 3 is 2.82 bits per heavy atom. The zero-order chi connectivity index (χ0) is 15.5. The van der Waals surface area contributed by atoms with Crippen molar-refractivity contribution >= 4 is 23.2 Å². The van der Waals surface area contributed by atoms with Crippen LogP contribution in [0.2, 0.25) is 0 Å². The van der Waals surface area contributed by atoms with Crippen LogP contribution in [-0.2, 0) is 9.53 Å². The molecule has 1 saturated heterocycles. The highest BCUT2D eigenvalue weighted by Gasteiger charge is 2.34. The Bertz CT molecular complexity index is 686. The molecule has 1 aromatic carbocycles. The Labute approximate surface area is 131 Å². The van der Waals surface area contributed by atoms with E-state index in [0.717, 1.165) is 10.6 Å². The molecule has 1 N–H and O–H groups in total. The van der Waals surface area contributed by atoms with Crippen molar-refractivity contribution in [3.05, 3.63) is 41.4 Å². The number of thiazole rings is 1. The second kappa shape index (κ2) is 6.25. The van der Waals surface area contributed by atoms with Crippen molar-refractivity contribution in [1.82, 2.24) is 9.88 Å². The van der Waals surface area contributed by atoms with Gasteiger partial charge in [0.15, 0.2) is 6.04 Å². The first kappa shape index (κ1) is 14.7. The molecule has 6 nitrogen and oxygen atoms in total. The molecule has 0 radical (unpaired) electrons. The molecule has 0 spiro atoms. The van der Waals surface area contributed by atoms with Crippen LogP contribution in [0.1, 0.15) is 9.67 Å². The van der Waals surface area contributed by atoms with Gasteiger partial charge in [0, 0.05) is 12.1 Å². The minimum absolute atomic E-state index is 0.0193. The van der Waals surface area contributed by atoms with Crippen molar-refractivity contribution in [2.45, 2.75) is 6.04 Å². The number of aromatic nitrogens is 1. The number of morpholine rings is 1. The number of nitrogens with zero attached hydrogens (tertiary/aromatic N) is 2. The van der Waals surface area contributed by atoms with Crippen LogP contribution in [0.25, 0.3) is 10.6 Å². The fraction of sp³-hybridized carbons (Fsp3) is 0.267. The average molecular weight is 318 g/mol. The summed E-state index contributed by atoms with van der Waals surface area (Å²) in [6, 6.07) is 8.61. The first-order chi connectivity index (χ1) is 10.7. The summed E-state index contributed by atoms with van der Waals surface area (Å²) in [6.07, 6.45) is 1.50. The van der Waals surface area contributed by atoms with Gasteiger partial charge in [-0.25, -0.2) is 9.78 Å². The maximum Gasteiger partial charge on any atom is 0.328 e. The Morgan fingerprint density at radius 2 is 2.09 bits per heavy atom. The number of carbonyl (C=O) groups excluding carboxylic acids is 1. The van der Waals surface area contributed by atoms with Crippen molar-refractivity contribution < 1.29 is 19.4 Å². The first-order valence-corrected chi connectivity index (χ1v) is 7.61. The number of rotatable bonds is 3. The second-order valence-corrected chi connectivity index (χ2v) is 5.85. The maximum absolute atomic E-state index is 12.5. The topological polar surface area (TPSA) is 79.7 Å². The summed E-state index contributed by atoms with van der Waals surface area (Å²) in [5.41, 5.74) is 0.934. The van der Waals surface area contributed by atoms with Gasteiger partial charge < -0.3 is 14.7 Å². The van der Waals surface area contributed by atoms with E-state index in [1.165, 1.54) is 22.4 Å². The molecule has 1 aliphatic heterocycles. The number of benzene rings is 1. The molecule has 7 heteroatoms. The number of hydrogen-bond acceptors (Lipinski definition) is 5. The van der Waals surface area contributed by atoms with Gasteiger partial charge in [0.2, 0.25) is 0 Å². The van der Waals surface area contributed by atoms with Gasteiger partial charge in [-0.2, -0.15) is 0 Å². The third kappa shape index (κ3) is 2.86. The summed E-state index contributed by atoms with van der Waals surface area (Å²) in [7, 11) is 0. The lowest BCUT2D eigenvalue weighted by Gasteiger charge is -2.32. The Kier molecular flexibility index (Phi) is 4.17.